The van der Waals surface area contributed by atoms with Crippen molar-refractivity contribution in [2.75, 3.05) is 12.4 Å². The Labute approximate surface area is 191 Å². The van der Waals surface area contributed by atoms with Gasteiger partial charge in [-0.1, -0.05) is 48.6 Å². The quantitative estimate of drug-likeness (QED) is 0.351. The third-order valence-corrected chi connectivity index (χ3v) is 7.11. The average Bonchev–Trinajstić information content (AvgIpc) is 3.36. The molecule has 6 rings (SSSR count). The van der Waals surface area contributed by atoms with Crippen molar-refractivity contribution >= 4 is 23.2 Å². The normalized spacial score (nSPS) is 22.0. The van der Waals surface area contributed by atoms with Gasteiger partial charge in [-0.3, -0.25) is 9.59 Å². The van der Waals surface area contributed by atoms with Gasteiger partial charge in [0.1, 0.15) is 0 Å². The van der Waals surface area contributed by atoms with E-state index in [1.54, 1.807) is 42.5 Å². The predicted molar refractivity (Wildman–Crippen MR) is 124 cm³/mol. The first-order valence-corrected chi connectivity index (χ1v) is 11.1. The van der Waals surface area contributed by atoms with E-state index >= 15 is 0 Å². The van der Waals surface area contributed by atoms with Gasteiger partial charge in [0.2, 0.25) is 0 Å². The van der Waals surface area contributed by atoms with Crippen LogP contribution in [0.15, 0.2) is 72.8 Å². The minimum Gasteiger partial charge on any atom is -0.465 e. The molecule has 0 saturated heterocycles. The molecule has 33 heavy (non-hydrogen) atoms. The third-order valence-electron chi connectivity index (χ3n) is 7.11. The van der Waals surface area contributed by atoms with Gasteiger partial charge in [0.05, 0.1) is 18.7 Å². The van der Waals surface area contributed by atoms with Crippen LogP contribution < -0.4 is 5.32 Å². The second-order valence-electron chi connectivity index (χ2n) is 8.74. The van der Waals surface area contributed by atoms with Crippen LogP contribution in [0.2, 0.25) is 0 Å². The summed E-state index contributed by atoms with van der Waals surface area (Å²) in [4.78, 5) is 38.6. The molecule has 5 nitrogen and oxygen atoms in total. The van der Waals surface area contributed by atoms with Crippen LogP contribution in [-0.4, -0.2) is 24.6 Å². The lowest BCUT2D eigenvalue weighted by atomic mass is 9.71. The van der Waals surface area contributed by atoms with Crippen molar-refractivity contribution in [1.82, 2.24) is 0 Å². The highest BCUT2D eigenvalue weighted by Crippen LogP contribution is 2.52. The van der Waals surface area contributed by atoms with E-state index in [0.29, 0.717) is 27.8 Å². The van der Waals surface area contributed by atoms with E-state index in [2.05, 4.69) is 17.5 Å². The van der Waals surface area contributed by atoms with E-state index in [-0.39, 0.29) is 35.4 Å². The lowest BCUT2D eigenvalue weighted by molar-refractivity contribution is 0.0600. The first kappa shape index (κ1) is 19.7. The fourth-order valence-electron chi connectivity index (χ4n) is 5.56. The van der Waals surface area contributed by atoms with Crippen molar-refractivity contribution in [3.63, 3.8) is 0 Å². The maximum Gasteiger partial charge on any atom is 0.337 e. The van der Waals surface area contributed by atoms with Crippen LogP contribution in [0.4, 0.5) is 5.69 Å². The van der Waals surface area contributed by atoms with Gasteiger partial charge in [-0.15, -0.1) is 0 Å². The molecule has 0 fully saturated rings. The molecule has 1 heterocycles. The summed E-state index contributed by atoms with van der Waals surface area (Å²) in [7, 11) is 1.37. The zero-order valence-electron chi connectivity index (χ0n) is 18.0. The summed E-state index contributed by atoms with van der Waals surface area (Å²) in [5, 5.41) is 3.64. The molecule has 0 bridgehead atoms. The third kappa shape index (κ3) is 2.82. The Morgan fingerprint density at radius 3 is 2.36 bits per heavy atom. The molecule has 3 aromatic carbocycles. The highest BCUT2D eigenvalue weighted by molar-refractivity contribution is 6.29. The van der Waals surface area contributed by atoms with Crippen LogP contribution in [0.25, 0.3) is 0 Å². The molecule has 0 saturated carbocycles. The molecular weight excluding hydrogens is 414 g/mol. The molecule has 0 spiro atoms. The number of allylic oxidation sites excluding steroid dienone is 2. The molecule has 0 amide bonds. The summed E-state index contributed by atoms with van der Waals surface area (Å²) in [6.45, 7) is 0. The van der Waals surface area contributed by atoms with E-state index in [4.69, 9.17) is 4.74 Å². The number of rotatable bonds is 2. The molecule has 3 atom stereocenters. The summed E-state index contributed by atoms with van der Waals surface area (Å²) in [5.41, 5.74) is 5.34. The van der Waals surface area contributed by atoms with Gasteiger partial charge in [0.25, 0.3) is 0 Å². The van der Waals surface area contributed by atoms with E-state index in [1.807, 2.05) is 18.2 Å². The van der Waals surface area contributed by atoms with Crippen LogP contribution in [-0.2, 0) is 4.74 Å². The van der Waals surface area contributed by atoms with Crippen molar-refractivity contribution in [3.8, 4) is 0 Å². The van der Waals surface area contributed by atoms with Crippen molar-refractivity contribution in [1.29, 1.82) is 0 Å². The summed E-state index contributed by atoms with van der Waals surface area (Å²) in [6.07, 6.45) is 5.19. The molecule has 1 aliphatic heterocycles. The van der Waals surface area contributed by atoms with Crippen molar-refractivity contribution in [2.24, 2.45) is 5.92 Å². The highest BCUT2D eigenvalue weighted by atomic mass is 16.5. The van der Waals surface area contributed by atoms with Crippen LogP contribution in [0.5, 0.6) is 0 Å². The predicted octanol–water partition coefficient (Wildman–Crippen LogP) is 5.08. The SMILES string of the molecule is COC(=O)c1ccc([C@@H]2Nc3ccc4c(c3[C@@H]3C=CC[C@@H]32)C(=O)c2ccccc2C4=O)cc1. The molecule has 0 aromatic heterocycles. The summed E-state index contributed by atoms with van der Waals surface area (Å²) in [6, 6.07) is 18.2. The van der Waals surface area contributed by atoms with Crippen LogP contribution >= 0.6 is 0 Å². The van der Waals surface area contributed by atoms with Crippen LogP contribution in [0, 0.1) is 5.92 Å². The van der Waals surface area contributed by atoms with Gasteiger partial charge < -0.3 is 10.1 Å². The second kappa shape index (κ2) is 7.27. The molecular formula is C28H21NO4. The lowest BCUT2D eigenvalue weighted by Gasteiger charge is -2.39. The van der Waals surface area contributed by atoms with Gasteiger partial charge in [-0.2, -0.15) is 0 Å². The lowest BCUT2D eigenvalue weighted by Crippen LogP contribution is -2.32. The van der Waals surface area contributed by atoms with Crippen molar-refractivity contribution in [3.05, 3.63) is 112 Å². The number of esters is 1. The molecule has 5 heteroatoms. The number of hydrogen-bond acceptors (Lipinski definition) is 5. The average molecular weight is 435 g/mol. The van der Waals surface area contributed by atoms with Crippen molar-refractivity contribution < 1.29 is 19.1 Å². The highest BCUT2D eigenvalue weighted by Gasteiger charge is 2.42. The van der Waals surface area contributed by atoms with Crippen LogP contribution in [0.1, 0.15) is 71.7 Å². The molecule has 0 radical (unpaired) electrons. The first-order chi connectivity index (χ1) is 16.1. The molecule has 2 aliphatic carbocycles. The fraction of sp³-hybridized carbons (Fsp3) is 0.179. The maximum atomic E-state index is 13.5. The van der Waals surface area contributed by atoms with Gasteiger partial charge in [-0.05, 0) is 47.7 Å². The number of methoxy groups -OCH3 is 1. The topological polar surface area (TPSA) is 72.5 Å². The van der Waals surface area contributed by atoms with Gasteiger partial charge in [0, 0.05) is 33.9 Å². The Kier molecular flexibility index (Phi) is 4.34. The number of fused-ring (bicyclic) bond motifs is 6. The molecule has 162 valence electrons. The van der Waals surface area contributed by atoms with Gasteiger partial charge in [0.15, 0.2) is 11.6 Å². The largest absolute Gasteiger partial charge is 0.465 e. The van der Waals surface area contributed by atoms with E-state index in [9.17, 15) is 14.4 Å². The number of benzene rings is 3. The number of carbonyl (C=O) groups excluding carboxylic acids is 3. The zero-order valence-corrected chi connectivity index (χ0v) is 18.0. The molecule has 3 aromatic rings. The smallest absolute Gasteiger partial charge is 0.337 e. The number of anilines is 1. The molecule has 3 aliphatic rings. The van der Waals surface area contributed by atoms with E-state index < -0.39 is 0 Å². The Hall–Kier alpha value is -3.99. The monoisotopic (exact) mass is 435 g/mol. The Morgan fingerprint density at radius 1 is 0.909 bits per heavy atom. The summed E-state index contributed by atoms with van der Waals surface area (Å²) < 4.78 is 4.81. The molecule has 0 unspecified atom stereocenters. The zero-order chi connectivity index (χ0) is 22.7. The minimum absolute atomic E-state index is 0.0175. The number of nitrogens with one attached hydrogen (secondary N) is 1. The Bertz CT molecular complexity index is 1370. The second-order valence-corrected chi connectivity index (χ2v) is 8.74. The van der Waals surface area contributed by atoms with Crippen molar-refractivity contribution in [2.45, 2.75) is 18.4 Å². The van der Waals surface area contributed by atoms with Gasteiger partial charge >= 0.3 is 5.97 Å². The number of carbonyl (C=O) groups is 3. The first-order valence-electron chi connectivity index (χ1n) is 11.1. The van der Waals surface area contributed by atoms with E-state index in [0.717, 1.165) is 23.2 Å². The van der Waals surface area contributed by atoms with E-state index in [1.165, 1.54) is 7.11 Å². The summed E-state index contributed by atoms with van der Waals surface area (Å²) >= 11 is 0. The molecule has 1 N–H and O–H groups in total. The standard InChI is InChI=1S/C28H21NO4/c1-33-28(32)16-11-9-15(10-12-16)25-18-8-4-7-17(18)23-22(29-25)14-13-21-24(23)27(31)20-6-3-2-5-19(20)26(21)30/h2-7,9-14,17-18,25,29H,8H2,1H3/t17-,18+,25+/m1/s1. The Balaban J connectivity index is 1.45. The van der Waals surface area contributed by atoms with Gasteiger partial charge in [-0.25, -0.2) is 4.79 Å². The number of ether oxygens (including phenoxy) is 1. The number of ketones is 2. The fourth-order valence-corrected chi connectivity index (χ4v) is 5.56. The minimum atomic E-state index is -0.362. The summed E-state index contributed by atoms with van der Waals surface area (Å²) in [5.74, 6) is -0.309. The number of hydrogen-bond donors (Lipinski definition) is 1. The maximum absolute atomic E-state index is 13.5. The Morgan fingerprint density at radius 2 is 1.64 bits per heavy atom. The van der Waals surface area contributed by atoms with Crippen LogP contribution in [0.3, 0.4) is 0 Å².